The van der Waals surface area contributed by atoms with Crippen LogP contribution in [0.25, 0.3) is 5.69 Å². The van der Waals surface area contributed by atoms with E-state index in [1.807, 2.05) is 0 Å². The standard InChI is InChI=1S/C10H8FN3O2/c1-6-9(10(15)16)14(13-12-6)8-4-2-7(11)3-5-8/h2-5H,1H3,(H,15,16). The molecule has 1 aromatic carbocycles. The van der Waals surface area contributed by atoms with E-state index in [-0.39, 0.29) is 5.69 Å². The zero-order valence-electron chi connectivity index (χ0n) is 8.38. The van der Waals surface area contributed by atoms with E-state index in [0.717, 1.165) is 4.68 Å². The molecule has 16 heavy (non-hydrogen) atoms. The Morgan fingerprint density at radius 3 is 2.56 bits per heavy atom. The predicted molar refractivity (Wildman–Crippen MR) is 53.0 cm³/mol. The average molecular weight is 221 g/mol. The van der Waals surface area contributed by atoms with Gasteiger partial charge in [0.1, 0.15) is 5.82 Å². The zero-order valence-corrected chi connectivity index (χ0v) is 8.38. The van der Waals surface area contributed by atoms with Crippen LogP contribution in [0.3, 0.4) is 0 Å². The Morgan fingerprint density at radius 2 is 2.00 bits per heavy atom. The van der Waals surface area contributed by atoms with Gasteiger partial charge < -0.3 is 5.11 Å². The van der Waals surface area contributed by atoms with Crippen LogP contribution in [0.5, 0.6) is 0 Å². The Labute approximate surface area is 90.1 Å². The molecule has 2 rings (SSSR count). The summed E-state index contributed by atoms with van der Waals surface area (Å²) < 4.78 is 13.9. The fraction of sp³-hybridized carbons (Fsp3) is 0.100. The largest absolute Gasteiger partial charge is 0.476 e. The summed E-state index contributed by atoms with van der Waals surface area (Å²) in [5.74, 6) is -1.51. The van der Waals surface area contributed by atoms with Crippen molar-refractivity contribution in [3.63, 3.8) is 0 Å². The van der Waals surface area contributed by atoms with Gasteiger partial charge in [0.2, 0.25) is 0 Å². The first-order valence-corrected chi connectivity index (χ1v) is 4.51. The van der Waals surface area contributed by atoms with Gasteiger partial charge >= 0.3 is 5.97 Å². The second-order valence-electron chi connectivity index (χ2n) is 3.22. The maximum absolute atomic E-state index is 12.7. The molecule has 0 amide bonds. The van der Waals surface area contributed by atoms with E-state index >= 15 is 0 Å². The summed E-state index contributed by atoms with van der Waals surface area (Å²) in [4.78, 5) is 11.0. The van der Waals surface area contributed by atoms with Gasteiger partial charge in [0, 0.05) is 0 Å². The number of aromatic nitrogens is 3. The Morgan fingerprint density at radius 1 is 1.38 bits per heavy atom. The van der Waals surface area contributed by atoms with Crippen LogP contribution in [-0.4, -0.2) is 26.1 Å². The van der Waals surface area contributed by atoms with Gasteiger partial charge in [0.15, 0.2) is 5.69 Å². The lowest BCUT2D eigenvalue weighted by molar-refractivity contribution is 0.0686. The minimum absolute atomic E-state index is 0.0217. The third kappa shape index (κ3) is 1.65. The lowest BCUT2D eigenvalue weighted by atomic mass is 10.3. The van der Waals surface area contributed by atoms with Crippen LogP contribution in [0.1, 0.15) is 16.2 Å². The molecule has 0 spiro atoms. The lowest BCUT2D eigenvalue weighted by Gasteiger charge is -2.02. The van der Waals surface area contributed by atoms with Gasteiger partial charge in [-0.1, -0.05) is 5.21 Å². The number of rotatable bonds is 2. The van der Waals surface area contributed by atoms with E-state index in [4.69, 9.17) is 5.11 Å². The third-order valence-corrected chi connectivity index (χ3v) is 2.11. The molecule has 0 saturated heterocycles. The van der Waals surface area contributed by atoms with Crippen LogP contribution in [0.2, 0.25) is 0 Å². The van der Waals surface area contributed by atoms with Crippen LogP contribution in [0, 0.1) is 12.7 Å². The number of carboxylic acids is 1. The predicted octanol–water partition coefficient (Wildman–Crippen LogP) is 1.41. The lowest BCUT2D eigenvalue weighted by Crippen LogP contribution is -2.09. The van der Waals surface area contributed by atoms with Crippen LogP contribution < -0.4 is 0 Å². The Hall–Kier alpha value is -2.24. The molecule has 0 unspecified atom stereocenters. The van der Waals surface area contributed by atoms with Crippen LogP contribution in [-0.2, 0) is 0 Å². The second kappa shape index (κ2) is 3.73. The number of nitrogens with zero attached hydrogens (tertiary/aromatic N) is 3. The Kier molecular flexibility index (Phi) is 2.40. The molecule has 1 aromatic heterocycles. The highest BCUT2D eigenvalue weighted by Crippen LogP contribution is 2.13. The van der Waals surface area contributed by atoms with Gasteiger partial charge in [-0.25, -0.2) is 13.9 Å². The maximum Gasteiger partial charge on any atom is 0.356 e. The van der Waals surface area contributed by atoms with Crippen molar-refractivity contribution in [2.75, 3.05) is 0 Å². The number of carbonyl (C=O) groups is 1. The monoisotopic (exact) mass is 221 g/mol. The summed E-state index contributed by atoms with van der Waals surface area (Å²) in [6, 6.07) is 5.35. The molecule has 0 atom stereocenters. The van der Waals surface area contributed by atoms with Crippen molar-refractivity contribution in [1.82, 2.24) is 15.0 Å². The number of hydrogen-bond acceptors (Lipinski definition) is 3. The normalized spacial score (nSPS) is 10.4. The summed E-state index contributed by atoms with van der Waals surface area (Å²) in [5, 5.41) is 16.4. The Bertz CT molecular complexity index is 533. The van der Waals surface area contributed by atoms with Crippen LogP contribution >= 0.6 is 0 Å². The van der Waals surface area contributed by atoms with Crippen LogP contribution in [0.4, 0.5) is 4.39 Å². The first-order valence-electron chi connectivity index (χ1n) is 4.51. The smallest absolute Gasteiger partial charge is 0.356 e. The maximum atomic E-state index is 12.7. The van der Waals surface area contributed by atoms with E-state index in [9.17, 15) is 9.18 Å². The van der Waals surface area contributed by atoms with Crippen molar-refractivity contribution < 1.29 is 14.3 Å². The molecule has 0 bridgehead atoms. The van der Waals surface area contributed by atoms with Crippen molar-refractivity contribution in [3.8, 4) is 5.69 Å². The van der Waals surface area contributed by atoms with Crippen molar-refractivity contribution in [2.24, 2.45) is 0 Å². The molecule has 0 aliphatic carbocycles. The van der Waals surface area contributed by atoms with E-state index in [1.165, 1.54) is 24.3 Å². The number of hydrogen-bond donors (Lipinski definition) is 1. The third-order valence-electron chi connectivity index (χ3n) is 2.11. The quantitative estimate of drug-likeness (QED) is 0.832. The first-order chi connectivity index (χ1) is 7.59. The van der Waals surface area contributed by atoms with E-state index in [0.29, 0.717) is 11.4 Å². The highest BCUT2D eigenvalue weighted by molar-refractivity contribution is 5.87. The summed E-state index contributed by atoms with van der Waals surface area (Å²) in [6.07, 6.45) is 0. The van der Waals surface area contributed by atoms with E-state index in [2.05, 4.69) is 10.3 Å². The van der Waals surface area contributed by atoms with Crippen molar-refractivity contribution in [1.29, 1.82) is 0 Å². The van der Waals surface area contributed by atoms with Crippen molar-refractivity contribution in [3.05, 3.63) is 41.5 Å². The number of aryl methyl sites for hydroxylation is 1. The molecule has 0 saturated carbocycles. The minimum atomic E-state index is -1.12. The number of aromatic carboxylic acids is 1. The van der Waals surface area contributed by atoms with Gasteiger partial charge in [-0.3, -0.25) is 0 Å². The van der Waals surface area contributed by atoms with Gasteiger partial charge in [0.25, 0.3) is 0 Å². The average Bonchev–Trinajstić information content (AvgIpc) is 2.61. The fourth-order valence-electron chi connectivity index (χ4n) is 1.37. The summed E-state index contributed by atoms with van der Waals surface area (Å²) in [6.45, 7) is 1.55. The van der Waals surface area contributed by atoms with Crippen molar-refractivity contribution >= 4 is 5.97 Å². The molecule has 82 valence electrons. The molecule has 0 fully saturated rings. The van der Waals surface area contributed by atoms with Gasteiger partial charge in [0.05, 0.1) is 11.4 Å². The summed E-state index contributed by atoms with van der Waals surface area (Å²) in [7, 11) is 0. The molecule has 1 heterocycles. The van der Waals surface area contributed by atoms with E-state index < -0.39 is 11.8 Å². The topological polar surface area (TPSA) is 68.0 Å². The highest BCUT2D eigenvalue weighted by Gasteiger charge is 2.17. The molecule has 2 aromatic rings. The summed E-state index contributed by atoms with van der Waals surface area (Å²) >= 11 is 0. The molecule has 0 aliphatic heterocycles. The minimum Gasteiger partial charge on any atom is -0.476 e. The number of benzene rings is 1. The van der Waals surface area contributed by atoms with E-state index in [1.54, 1.807) is 6.92 Å². The zero-order chi connectivity index (χ0) is 11.7. The van der Waals surface area contributed by atoms with Gasteiger partial charge in [-0.2, -0.15) is 0 Å². The molecule has 5 nitrogen and oxygen atoms in total. The van der Waals surface area contributed by atoms with Gasteiger partial charge in [-0.15, -0.1) is 5.10 Å². The Balaban J connectivity index is 2.56. The molecular formula is C10H8FN3O2. The molecule has 1 N–H and O–H groups in total. The summed E-state index contributed by atoms with van der Waals surface area (Å²) in [5.41, 5.74) is 0.753. The number of carboxylic acid groups (broad SMARTS) is 1. The molecular weight excluding hydrogens is 213 g/mol. The second-order valence-corrected chi connectivity index (χ2v) is 3.22. The number of halogens is 1. The van der Waals surface area contributed by atoms with Gasteiger partial charge in [-0.05, 0) is 31.2 Å². The first kappa shape index (κ1) is 10.3. The molecule has 6 heteroatoms. The molecule has 0 radical (unpaired) electrons. The van der Waals surface area contributed by atoms with Crippen LogP contribution in [0.15, 0.2) is 24.3 Å². The van der Waals surface area contributed by atoms with Crippen molar-refractivity contribution in [2.45, 2.75) is 6.92 Å². The highest BCUT2D eigenvalue weighted by atomic mass is 19.1. The molecule has 0 aliphatic rings. The fourth-order valence-corrected chi connectivity index (χ4v) is 1.37. The SMILES string of the molecule is Cc1nnn(-c2ccc(F)cc2)c1C(=O)O.